The number of hydrogen-bond donors (Lipinski definition) is 1. The molecule has 2 aliphatic rings. The number of methoxy groups -OCH3 is 1. The number of fused-ring (bicyclic) bond motifs is 1. The Morgan fingerprint density at radius 3 is 2.68 bits per heavy atom. The second kappa shape index (κ2) is 5.56. The summed E-state index contributed by atoms with van der Waals surface area (Å²) in [5.41, 5.74) is 0.976. The fourth-order valence-corrected chi connectivity index (χ4v) is 2.52. The molecule has 0 spiro atoms. The highest BCUT2D eigenvalue weighted by Crippen LogP contribution is 2.33. The van der Waals surface area contributed by atoms with Crippen LogP contribution in [0.5, 0.6) is 0 Å². The predicted molar refractivity (Wildman–Crippen MR) is 66.3 cm³/mol. The van der Waals surface area contributed by atoms with Crippen molar-refractivity contribution in [2.24, 2.45) is 0 Å². The first kappa shape index (κ1) is 13.0. The summed E-state index contributed by atoms with van der Waals surface area (Å²) in [5.74, 6) is 0. The molecular formula is C14H18O5. The van der Waals surface area contributed by atoms with Crippen molar-refractivity contribution in [3.05, 3.63) is 35.9 Å². The minimum Gasteiger partial charge on any atom is -0.388 e. The van der Waals surface area contributed by atoms with Crippen LogP contribution >= 0.6 is 0 Å². The lowest BCUT2D eigenvalue weighted by atomic mass is 10.0. The molecule has 1 N–H and O–H groups in total. The maximum absolute atomic E-state index is 9.89. The van der Waals surface area contributed by atoms with Crippen molar-refractivity contribution >= 4 is 0 Å². The molecule has 1 aromatic rings. The first-order valence-electron chi connectivity index (χ1n) is 6.46. The molecule has 2 saturated heterocycles. The lowest BCUT2D eigenvalue weighted by Crippen LogP contribution is -2.53. The molecule has 0 bridgehead atoms. The first-order chi connectivity index (χ1) is 9.28. The van der Waals surface area contributed by atoms with E-state index >= 15 is 0 Å². The Hall–Kier alpha value is -0.980. The monoisotopic (exact) mass is 266 g/mol. The molecular weight excluding hydrogens is 248 g/mol. The Morgan fingerprint density at radius 2 is 1.95 bits per heavy atom. The predicted octanol–water partition coefficient (Wildman–Crippen LogP) is 1.22. The third-order valence-electron chi connectivity index (χ3n) is 3.53. The van der Waals surface area contributed by atoms with Crippen LogP contribution in [0, 0.1) is 0 Å². The van der Waals surface area contributed by atoms with E-state index < -0.39 is 18.7 Å². The molecule has 0 saturated carbocycles. The molecule has 104 valence electrons. The van der Waals surface area contributed by atoms with E-state index in [-0.39, 0.29) is 12.2 Å². The van der Waals surface area contributed by atoms with Gasteiger partial charge in [-0.05, 0) is 0 Å². The average Bonchev–Trinajstić information content (AvgIpc) is 2.47. The lowest BCUT2D eigenvalue weighted by molar-refractivity contribution is -0.333. The van der Waals surface area contributed by atoms with E-state index in [1.54, 1.807) is 0 Å². The van der Waals surface area contributed by atoms with Gasteiger partial charge in [-0.25, -0.2) is 0 Å². The quantitative estimate of drug-likeness (QED) is 0.872. The third-order valence-corrected chi connectivity index (χ3v) is 3.53. The van der Waals surface area contributed by atoms with Crippen molar-refractivity contribution in [3.63, 3.8) is 0 Å². The highest BCUT2D eigenvalue weighted by molar-refractivity contribution is 5.16. The van der Waals surface area contributed by atoms with E-state index in [2.05, 4.69) is 0 Å². The highest BCUT2D eigenvalue weighted by atomic mass is 16.7. The Kier molecular flexibility index (Phi) is 3.81. The average molecular weight is 266 g/mol. The molecule has 0 aliphatic carbocycles. The van der Waals surface area contributed by atoms with Gasteiger partial charge in [-0.3, -0.25) is 0 Å². The SMILES string of the molecule is CO[C@H]1O[C@H]2CO[C@@H](c3ccccc3)O[C@H]2C[C@H]1O. The normalized spacial score (nSPS) is 38.7. The second-order valence-electron chi connectivity index (χ2n) is 4.83. The van der Waals surface area contributed by atoms with Gasteiger partial charge in [0.15, 0.2) is 12.6 Å². The summed E-state index contributed by atoms with van der Waals surface area (Å²) in [4.78, 5) is 0. The van der Waals surface area contributed by atoms with E-state index in [0.717, 1.165) is 5.56 Å². The largest absolute Gasteiger partial charge is 0.388 e. The van der Waals surface area contributed by atoms with E-state index in [0.29, 0.717) is 13.0 Å². The Bertz CT molecular complexity index is 410. The minimum atomic E-state index is -0.666. The maximum atomic E-state index is 9.89. The zero-order valence-electron chi connectivity index (χ0n) is 10.8. The summed E-state index contributed by atoms with van der Waals surface area (Å²) in [6, 6.07) is 9.76. The van der Waals surface area contributed by atoms with Crippen LogP contribution in [-0.2, 0) is 18.9 Å². The van der Waals surface area contributed by atoms with Crippen LogP contribution < -0.4 is 0 Å². The van der Waals surface area contributed by atoms with Gasteiger partial charge in [0.2, 0.25) is 0 Å². The summed E-state index contributed by atoms with van der Waals surface area (Å²) in [5, 5.41) is 9.89. The summed E-state index contributed by atoms with van der Waals surface area (Å²) >= 11 is 0. The molecule has 2 fully saturated rings. The fraction of sp³-hybridized carbons (Fsp3) is 0.571. The molecule has 5 nitrogen and oxygen atoms in total. The van der Waals surface area contributed by atoms with Crippen LogP contribution in [0.1, 0.15) is 18.3 Å². The standard InChI is InChI=1S/C14H18O5/c1-16-14-10(15)7-11-12(19-14)8-17-13(18-11)9-5-3-2-4-6-9/h2-6,10-15H,7-8H2,1H3/t10-,11+,12+,13-,14+/m1/s1. The number of rotatable bonds is 2. The Balaban J connectivity index is 1.68. The smallest absolute Gasteiger partial charge is 0.184 e. The molecule has 2 aliphatic heterocycles. The van der Waals surface area contributed by atoms with Gasteiger partial charge < -0.3 is 24.1 Å². The van der Waals surface area contributed by atoms with Crippen LogP contribution in [0.4, 0.5) is 0 Å². The zero-order valence-corrected chi connectivity index (χ0v) is 10.8. The number of ether oxygens (including phenoxy) is 4. The van der Waals surface area contributed by atoms with Gasteiger partial charge in [0, 0.05) is 19.1 Å². The fourth-order valence-electron chi connectivity index (χ4n) is 2.52. The molecule has 5 heteroatoms. The van der Waals surface area contributed by atoms with Crippen molar-refractivity contribution < 1.29 is 24.1 Å². The van der Waals surface area contributed by atoms with Gasteiger partial charge in [-0.1, -0.05) is 30.3 Å². The summed E-state index contributed by atoms with van der Waals surface area (Å²) < 4.78 is 22.2. The summed E-state index contributed by atoms with van der Waals surface area (Å²) in [6.07, 6.45) is -1.51. The van der Waals surface area contributed by atoms with Crippen LogP contribution in [0.25, 0.3) is 0 Å². The number of aliphatic hydroxyl groups is 1. The van der Waals surface area contributed by atoms with Gasteiger partial charge in [-0.2, -0.15) is 0 Å². The van der Waals surface area contributed by atoms with E-state index in [9.17, 15) is 5.11 Å². The van der Waals surface area contributed by atoms with Crippen molar-refractivity contribution in [2.45, 2.75) is 37.3 Å². The molecule has 3 rings (SSSR count). The van der Waals surface area contributed by atoms with E-state index in [1.165, 1.54) is 7.11 Å². The van der Waals surface area contributed by atoms with Gasteiger partial charge >= 0.3 is 0 Å². The van der Waals surface area contributed by atoms with E-state index in [1.807, 2.05) is 30.3 Å². The van der Waals surface area contributed by atoms with Gasteiger partial charge in [0.05, 0.1) is 12.7 Å². The van der Waals surface area contributed by atoms with Crippen LogP contribution in [-0.4, -0.2) is 43.4 Å². The number of hydrogen-bond acceptors (Lipinski definition) is 5. The van der Waals surface area contributed by atoms with Crippen LogP contribution in [0.2, 0.25) is 0 Å². The summed E-state index contributed by atoms with van der Waals surface area (Å²) in [7, 11) is 1.52. The molecule has 1 aromatic carbocycles. The molecule has 5 atom stereocenters. The van der Waals surface area contributed by atoms with Crippen LogP contribution in [0.15, 0.2) is 30.3 Å². The zero-order chi connectivity index (χ0) is 13.2. The van der Waals surface area contributed by atoms with Gasteiger partial charge in [0.25, 0.3) is 0 Å². The minimum absolute atomic E-state index is 0.166. The van der Waals surface area contributed by atoms with Gasteiger partial charge in [0.1, 0.15) is 12.2 Å². The maximum Gasteiger partial charge on any atom is 0.184 e. The van der Waals surface area contributed by atoms with Crippen molar-refractivity contribution in [3.8, 4) is 0 Å². The summed E-state index contributed by atoms with van der Waals surface area (Å²) in [6.45, 7) is 0.441. The Morgan fingerprint density at radius 1 is 1.16 bits per heavy atom. The molecule has 19 heavy (non-hydrogen) atoms. The van der Waals surface area contributed by atoms with Crippen molar-refractivity contribution in [1.29, 1.82) is 0 Å². The molecule has 0 aromatic heterocycles. The second-order valence-corrected chi connectivity index (χ2v) is 4.83. The molecule has 0 unspecified atom stereocenters. The Labute approximate surface area is 112 Å². The van der Waals surface area contributed by atoms with Crippen molar-refractivity contribution in [1.82, 2.24) is 0 Å². The topological polar surface area (TPSA) is 57.2 Å². The van der Waals surface area contributed by atoms with Crippen LogP contribution in [0.3, 0.4) is 0 Å². The molecule has 0 amide bonds. The third kappa shape index (κ3) is 2.66. The van der Waals surface area contributed by atoms with Gasteiger partial charge in [-0.15, -0.1) is 0 Å². The first-order valence-corrected chi connectivity index (χ1v) is 6.46. The van der Waals surface area contributed by atoms with E-state index in [4.69, 9.17) is 18.9 Å². The molecule has 0 radical (unpaired) electrons. The molecule has 2 heterocycles. The highest BCUT2D eigenvalue weighted by Gasteiger charge is 2.42. The lowest BCUT2D eigenvalue weighted by Gasteiger charge is -2.43. The number of benzene rings is 1. The number of aliphatic hydroxyl groups excluding tert-OH is 1. The van der Waals surface area contributed by atoms with Crippen molar-refractivity contribution in [2.75, 3.05) is 13.7 Å².